The Morgan fingerprint density at radius 3 is 2.52 bits per heavy atom. The van der Waals surface area contributed by atoms with Crippen LogP contribution in [0, 0.1) is 5.92 Å². The third-order valence-electron chi connectivity index (χ3n) is 4.95. The number of carbonyl (C=O) groups is 2. The molecule has 0 aromatic rings. The summed E-state index contributed by atoms with van der Waals surface area (Å²) in [4.78, 5) is 30.8. The second-order valence-corrected chi connectivity index (χ2v) is 7.63. The fraction of sp³-hybridized carbons (Fsp3) is 0.842. The Bertz CT molecular complexity index is 506. The molecule has 7 nitrogen and oxygen atoms in total. The van der Waals surface area contributed by atoms with Crippen LogP contribution in [0.1, 0.15) is 59.3 Å². The van der Waals surface area contributed by atoms with Crippen molar-refractivity contribution in [3.05, 3.63) is 0 Å². The van der Waals surface area contributed by atoms with E-state index in [4.69, 9.17) is 0 Å². The Kier molecular flexibility index (Phi) is 11.0. The molecule has 27 heavy (non-hydrogen) atoms. The van der Waals surface area contributed by atoms with Gasteiger partial charge < -0.3 is 20.9 Å². The van der Waals surface area contributed by atoms with Crippen molar-refractivity contribution in [3.63, 3.8) is 0 Å². The summed E-state index contributed by atoms with van der Waals surface area (Å²) in [7, 11) is 0. The third-order valence-corrected chi connectivity index (χ3v) is 4.95. The van der Waals surface area contributed by atoms with Crippen molar-refractivity contribution >= 4 is 41.8 Å². The van der Waals surface area contributed by atoms with Gasteiger partial charge in [-0.1, -0.05) is 12.8 Å². The summed E-state index contributed by atoms with van der Waals surface area (Å²) in [6, 6.07) is 0.377. The summed E-state index contributed by atoms with van der Waals surface area (Å²) in [5.41, 5.74) is 0. The molecule has 0 aromatic heterocycles. The van der Waals surface area contributed by atoms with Gasteiger partial charge in [0.05, 0.1) is 6.54 Å². The minimum atomic E-state index is 0. The monoisotopic (exact) mass is 493 g/mol. The van der Waals surface area contributed by atoms with E-state index >= 15 is 0 Å². The van der Waals surface area contributed by atoms with Crippen molar-refractivity contribution in [2.75, 3.05) is 26.2 Å². The first-order valence-electron chi connectivity index (χ1n) is 10.1. The number of hydrogen-bond donors (Lipinski definition) is 3. The maximum atomic E-state index is 12.5. The van der Waals surface area contributed by atoms with Crippen molar-refractivity contribution in [1.82, 2.24) is 20.9 Å². The van der Waals surface area contributed by atoms with Gasteiger partial charge in [-0.15, -0.1) is 24.0 Å². The minimum absolute atomic E-state index is 0. The lowest BCUT2D eigenvalue weighted by Crippen LogP contribution is -2.45. The van der Waals surface area contributed by atoms with E-state index in [0.29, 0.717) is 18.9 Å². The van der Waals surface area contributed by atoms with E-state index in [0.717, 1.165) is 44.9 Å². The van der Waals surface area contributed by atoms with Crippen molar-refractivity contribution in [2.24, 2.45) is 10.9 Å². The molecule has 0 bridgehead atoms. The Balaban J connectivity index is 0.00000364. The van der Waals surface area contributed by atoms with Gasteiger partial charge in [-0.05, 0) is 40.0 Å². The topological polar surface area (TPSA) is 85.8 Å². The van der Waals surface area contributed by atoms with Crippen molar-refractivity contribution in [2.45, 2.75) is 71.4 Å². The third kappa shape index (κ3) is 8.23. The summed E-state index contributed by atoms with van der Waals surface area (Å²) in [6.45, 7) is 8.70. The molecule has 1 saturated heterocycles. The van der Waals surface area contributed by atoms with Crippen LogP contribution in [0.25, 0.3) is 0 Å². The van der Waals surface area contributed by atoms with Crippen LogP contribution in [-0.2, 0) is 9.59 Å². The molecule has 0 spiro atoms. The molecule has 0 aromatic carbocycles. The Labute approximate surface area is 180 Å². The summed E-state index contributed by atoms with van der Waals surface area (Å²) in [5, 5.41) is 9.52. The van der Waals surface area contributed by atoms with Gasteiger partial charge in [-0.3, -0.25) is 14.6 Å². The minimum Gasteiger partial charge on any atom is -0.357 e. The highest BCUT2D eigenvalue weighted by atomic mass is 127. The lowest BCUT2D eigenvalue weighted by molar-refractivity contribution is -0.134. The largest absolute Gasteiger partial charge is 0.357 e. The van der Waals surface area contributed by atoms with Gasteiger partial charge in [-0.25, -0.2) is 0 Å². The quantitative estimate of drug-likeness (QED) is 0.287. The molecule has 1 aliphatic carbocycles. The van der Waals surface area contributed by atoms with Crippen LogP contribution in [0.2, 0.25) is 0 Å². The van der Waals surface area contributed by atoms with Crippen LogP contribution in [0.3, 0.4) is 0 Å². The first kappa shape index (κ1) is 24.0. The average molecular weight is 493 g/mol. The normalized spacial score (nSPS) is 20.5. The van der Waals surface area contributed by atoms with Crippen LogP contribution < -0.4 is 16.0 Å². The average Bonchev–Trinajstić information content (AvgIpc) is 3.25. The van der Waals surface area contributed by atoms with E-state index in [1.165, 1.54) is 12.8 Å². The molecule has 1 aliphatic heterocycles. The molecule has 2 amide bonds. The molecule has 2 aliphatic rings. The summed E-state index contributed by atoms with van der Waals surface area (Å²) >= 11 is 0. The van der Waals surface area contributed by atoms with E-state index in [1.54, 1.807) is 0 Å². The highest BCUT2D eigenvalue weighted by Gasteiger charge is 2.32. The standard InChI is InChI=1S/C19H35N5O2.HI/c1-4-20-19(21-11-9-17(25)22-14(2)3)23-16-10-12-24(13-16)18(26)15-7-5-6-8-15;/h14-16H,4-13H2,1-3H3,(H,22,25)(H2,20,21,23);1H. The lowest BCUT2D eigenvalue weighted by Gasteiger charge is -2.21. The number of nitrogens with one attached hydrogen (secondary N) is 3. The summed E-state index contributed by atoms with van der Waals surface area (Å²) in [5.74, 6) is 1.33. The number of guanidine groups is 1. The predicted molar refractivity (Wildman–Crippen MR) is 119 cm³/mol. The van der Waals surface area contributed by atoms with Gasteiger partial charge >= 0.3 is 0 Å². The fourth-order valence-electron chi connectivity index (χ4n) is 3.69. The van der Waals surface area contributed by atoms with Crippen molar-refractivity contribution in [1.29, 1.82) is 0 Å². The van der Waals surface area contributed by atoms with E-state index < -0.39 is 0 Å². The highest BCUT2D eigenvalue weighted by molar-refractivity contribution is 14.0. The number of aliphatic imine (C=N–C) groups is 1. The maximum absolute atomic E-state index is 12.5. The zero-order valence-electron chi connectivity index (χ0n) is 16.9. The summed E-state index contributed by atoms with van der Waals surface area (Å²) in [6.07, 6.45) is 5.80. The van der Waals surface area contributed by atoms with E-state index in [1.807, 2.05) is 25.7 Å². The first-order chi connectivity index (χ1) is 12.5. The fourth-order valence-corrected chi connectivity index (χ4v) is 3.69. The second kappa shape index (κ2) is 12.4. The van der Waals surface area contributed by atoms with Crippen LogP contribution in [0.15, 0.2) is 4.99 Å². The number of hydrogen-bond acceptors (Lipinski definition) is 3. The number of likely N-dealkylation sites (tertiary alicyclic amines) is 1. The van der Waals surface area contributed by atoms with Crippen LogP contribution in [0.4, 0.5) is 0 Å². The molecule has 1 unspecified atom stereocenters. The van der Waals surface area contributed by atoms with Gasteiger partial charge in [0, 0.05) is 44.1 Å². The highest BCUT2D eigenvalue weighted by Crippen LogP contribution is 2.27. The molecule has 1 atom stereocenters. The molecule has 0 radical (unpaired) electrons. The van der Waals surface area contributed by atoms with Crippen LogP contribution >= 0.6 is 24.0 Å². The lowest BCUT2D eigenvalue weighted by atomic mass is 10.1. The molecule has 3 N–H and O–H groups in total. The Hall–Kier alpha value is -1.06. The zero-order chi connectivity index (χ0) is 18.9. The molecule has 1 saturated carbocycles. The number of amides is 2. The first-order valence-corrected chi connectivity index (χ1v) is 10.1. The number of rotatable bonds is 7. The van der Waals surface area contributed by atoms with Gasteiger partial charge in [0.15, 0.2) is 5.96 Å². The molecular formula is C19H36IN5O2. The van der Waals surface area contributed by atoms with E-state index in [2.05, 4.69) is 20.9 Å². The molecule has 8 heteroatoms. The maximum Gasteiger partial charge on any atom is 0.225 e. The predicted octanol–water partition coefficient (Wildman–Crippen LogP) is 1.87. The van der Waals surface area contributed by atoms with Crippen LogP contribution in [0.5, 0.6) is 0 Å². The van der Waals surface area contributed by atoms with Crippen molar-refractivity contribution in [3.8, 4) is 0 Å². The Morgan fingerprint density at radius 1 is 1.19 bits per heavy atom. The number of halogens is 1. The zero-order valence-corrected chi connectivity index (χ0v) is 19.3. The van der Waals surface area contributed by atoms with E-state index in [9.17, 15) is 9.59 Å². The van der Waals surface area contributed by atoms with Gasteiger partial charge in [0.2, 0.25) is 11.8 Å². The smallest absolute Gasteiger partial charge is 0.225 e. The molecule has 2 fully saturated rings. The molecule has 156 valence electrons. The SMILES string of the molecule is CCNC(=NCCC(=O)NC(C)C)NC1CCN(C(=O)C2CCCC2)C1.I. The van der Waals surface area contributed by atoms with Gasteiger partial charge in [0.25, 0.3) is 0 Å². The number of nitrogens with zero attached hydrogens (tertiary/aromatic N) is 2. The van der Waals surface area contributed by atoms with Crippen molar-refractivity contribution < 1.29 is 9.59 Å². The molecule has 2 rings (SSSR count). The van der Waals surface area contributed by atoms with Gasteiger partial charge in [-0.2, -0.15) is 0 Å². The second-order valence-electron chi connectivity index (χ2n) is 7.63. The van der Waals surface area contributed by atoms with E-state index in [-0.39, 0.29) is 47.9 Å². The summed E-state index contributed by atoms with van der Waals surface area (Å²) < 4.78 is 0. The molecular weight excluding hydrogens is 457 g/mol. The Morgan fingerprint density at radius 2 is 1.89 bits per heavy atom. The van der Waals surface area contributed by atoms with Gasteiger partial charge in [0.1, 0.15) is 0 Å². The molecule has 1 heterocycles. The number of carbonyl (C=O) groups excluding carboxylic acids is 2. The van der Waals surface area contributed by atoms with Crippen LogP contribution in [-0.4, -0.2) is 60.9 Å².